The molecule has 0 aliphatic rings. The lowest BCUT2D eigenvalue weighted by Crippen LogP contribution is -2.14. The summed E-state index contributed by atoms with van der Waals surface area (Å²) in [6, 6.07) is 6.05. The van der Waals surface area contributed by atoms with Gasteiger partial charge >= 0.3 is 5.97 Å². The van der Waals surface area contributed by atoms with Crippen molar-refractivity contribution in [1.82, 2.24) is 0 Å². The number of hydrogen-bond acceptors (Lipinski definition) is 4. The standard InChI is InChI=1S/C12H16FNO2S/c1-16-12(15)5-6-17-8-11(14)9-3-2-4-10(13)7-9/h2-4,7,11H,5-6,8,14H2,1H3. The predicted molar refractivity (Wildman–Crippen MR) is 67.3 cm³/mol. The highest BCUT2D eigenvalue weighted by atomic mass is 32.2. The SMILES string of the molecule is COC(=O)CCSCC(N)c1cccc(F)c1. The summed E-state index contributed by atoms with van der Waals surface area (Å²) in [5.41, 5.74) is 6.68. The Bertz CT molecular complexity index is 373. The summed E-state index contributed by atoms with van der Waals surface area (Å²) >= 11 is 1.56. The monoisotopic (exact) mass is 257 g/mol. The van der Waals surface area contributed by atoms with E-state index < -0.39 is 0 Å². The first-order valence-corrected chi connectivity index (χ1v) is 6.44. The Kier molecular flexibility index (Phi) is 6.00. The molecule has 17 heavy (non-hydrogen) atoms. The van der Waals surface area contributed by atoms with Crippen molar-refractivity contribution in [3.8, 4) is 0 Å². The van der Waals surface area contributed by atoms with Gasteiger partial charge in [-0.1, -0.05) is 12.1 Å². The number of benzene rings is 1. The molecule has 94 valence electrons. The van der Waals surface area contributed by atoms with Gasteiger partial charge in [-0.15, -0.1) is 0 Å². The molecule has 0 saturated heterocycles. The fourth-order valence-electron chi connectivity index (χ4n) is 1.30. The topological polar surface area (TPSA) is 52.3 Å². The molecule has 3 nitrogen and oxygen atoms in total. The highest BCUT2D eigenvalue weighted by Gasteiger charge is 2.07. The van der Waals surface area contributed by atoms with Crippen LogP contribution in [0.2, 0.25) is 0 Å². The van der Waals surface area contributed by atoms with Gasteiger partial charge in [-0.05, 0) is 17.7 Å². The lowest BCUT2D eigenvalue weighted by Gasteiger charge is -2.11. The molecule has 0 heterocycles. The molecule has 0 saturated carbocycles. The largest absolute Gasteiger partial charge is 0.469 e. The molecule has 5 heteroatoms. The number of carbonyl (C=O) groups excluding carboxylic acids is 1. The van der Waals surface area contributed by atoms with E-state index in [-0.39, 0.29) is 17.8 Å². The van der Waals surface area contributed by atoms with Crippen molar-refractivity contribution in [2.75, 3.05) is 18.6 Å². The summed E-state index contributed by atoms with van der Waals surface area (Å²) in [4.78, 5) is 10.9. The molecule has 0 aliphatic heterocycles. The Balaban J connectivity index is 2.30. The number of nitrogens with two attached hydrogens (primary N) is 1. The summed E-state index contributed by atoms with van der Waals surface area (Å²) < 4.78 is 17.5. The second-order valence-electron chi connectivity index (χ2n) is 3.56. The van der Waals surface area contributed by atoms with Gasteiger partial charge in [0.2, 0.25) is 0 Å². The van der Waals surface area contributed by atoms with E-state index in [4.69, 9.17) is 5.73 Å². The number of carbonyl (C=O) groups is 1. The molecule has 0 amide bonds. The molecule has 2 N–H and O–H groups in total. The Morgan fingerprint density at radius 3 is 3.00 bits per heavy atom. The lowest BCUT2D eigenvalue weighted by atomic mass is 10.1. The second-order valence-corrected chi connectivity index (χ2v) is 4.71. The van der Waals surface area contributed by atoms with Crippen LogP contribution in [0.3, 0.4) is 0 Å². The number of ether oxygens (including phenoxy) is 1. The third-order valence-corrected chi connectivity index (χ3v) is 3.34. The zero-order valence-corrected chi connectivity index (χ0v) is 10.5. The van der Waals surface area contributed by atoms with Crippen LogP contribution in [0.15, 0.2) is 24.3 Å². The van der Waals surface area contributed by atoms with Gasteiger partial charge in [0.15, 0.2) is 0 Å². The maximum absolute atomic E-state index is 12.9. The van der Waals surface area contributed by atoms with Crippen LogP contribution < -0.4 is 5.73 Å². The van der Waals surface area contributed by atoms with E-state index in [1.165, 1.54) is 19.2 Å². The second kappa shape index (κ2) is 7.29. The maximum Gasteiger partial charge on any atom is 0.306 e. The van der Waals surface area contributed by atoms with E-state index in [1.807, 2.05) is 0 Å². The van der Waals surface area contributed by atoms with Crippen LogP contribution in [0.4, 0.5) is 4.39 Å². The minimum Gasteiger partial charge on any atom is -0.469 e. The Morgan fingerprint density at radius 2 is 2.35 bits per heavy atom. The first-order chi connectivity index (χ1) is 8.13. The van der Waals surface area contributed by atoms with E-state index >= 15 is 0 Å². The van der Waals surface area contributed by atoms with Crippen molar-refractivity contribution in [2.45, 2.75) is 12.5 Å². The maximum atomic E-state index is 12.9. The van der Waals surface area contributed by atoms with Crippen molar-refractivity contribution >= 4 is 17.7 Å². The van der Waals surface area contributed by atoms with Crippen LogP contribution in [0.25, 0.3) is 0 Å². The zero-order chi connectivity index (χ0) is 12.7. The molecule has 0 aromatic heterocycles. The Morgan fingerprint density at radius 1 is 1.59 bits per heavy atom. The molecule has 1 unspecified atom stereocenters. The van der Waals surface area contributed by atoms with Gasteiger partial charge in [-0.3, -0.25) is 4.79 Å². The number of thioether (sulfide) groups is 1. The molecule has 0 bridgehead atoms. The number of methoxy groups -OCH3 is 1. The van der Waals surface area contributed by atoms with E-state index in [9.17, 15) is 9.18 Å². The third kappa shape index (κ3) is 5.19. The molecule has 1 aromatic carbocycles. The van der Waals surface area contributed by atoms with Gasteiger partial charge in [-0.2, -0.15) is 11.8 Å². The molecule has 1 atom stereocenters. The quantitative estimate of drug-likeness (QED) is 0.626. The first-order valence-electron chi connectivity index (χ1n) is 5.29. The summed E-state index contributed by atoms with van der Waals surface area (Å²) in [6.45, 7) is 0. The van der Waals surface area contributed by atoms with Crippen molar-refractivity contribution < 1.29 is 13.9 Å². The van der Waals surface area contributed by atoms with E-state index in [1.54, 1.807) is 23.9 Å². The fraction of sp³-hybridized carbons (Fsp3) is 0.417. The zero-order valence-electron chi connectivity index (χ0n) is 9.69. The Hall–Kier alpha value is -1.07. The van der Waals surface area contributed by atoms with Gasteiger partial charge < -0.3 is 10.5 Å². The van der Waals surface area contributed by atoms with Crippen LogP contribution in [0.5, 0.6) is 0 Å². The normalized spacial score (nSPS) is 12.2. The van der Waals surface area contributed by atoms with Crippen molar-refractivity contribution in [2.24, 2.45) is 5.73 Å². The highest BCUT2D eigenvalue weighted by molar-refractivity contribution is 7.99. The van der Waals surface area contributed by atoms with Crippen LogP contribution >= 0.6 is 11.8 Å². The molecule has 1 aromatic rings. The van der Waals surface area contributed by atoms with Crippen molar-refractivity contribution in [3.05, 3.63) is 35.6 Å². The first kappa shape index (κ1) is 14.0. The minimum atomic E-state index is -0.280. The van der Waals surface area contributed by atoms with Crippen LogP contribution in [-0.4, -0.2) is 24.6 Å². The fourth-order valence-corrected chi connectivity index (χ4v) is 2.23. The molecule has 1 rings (SSSR count). The van der Waals surface area contributed by atoms with Crippen LogP contribution in [0.1, 0.15) is 18.0 Å². The molecule has 0 radical (unpaired) electrons. The third-order valence-electron chi connectivity index (χ3n) is 2.25. The average molecular weight is 257 g/mol. The van der Waals surface area contributed by atoms with Gasteiger partial charge in [0.05, 0.1) is 13.5 Å². The highest BCUT2D eigenvalue weighted by Crippen LogP contribution is 2.17. The summed E-state index contributed by atoms with van der Waals surface area (Å²) in [6.07, 6.45) is 0.372. The summed E-state index contributed by atoms with van der Waals surface area (Å²) in [5.74, 6) is 0.810. The van der Waals surface area contributed by atoms with Crippen molar-refractivity contribution in [3.63, 3.8) is 0 Å². The van der Waals surface area contributed by atoms with Gasteiger partial charge in [0.1, 0.15) is 5.82 Å². The summed E-state index contributed by atoms with van der Waals surface area (Å²) in [7, 11) is 1.37. The molecule has 0 fully saturated rings. The smallest absolute Gasteiger partial charge is 0.306 e. The average Bonchev–Trinajstić information content (AvgIpc) is 2.34. The molecular weight excluding hydrogens is 241 g/mol. The Labute approximate surface area is 105 Å². The number of esters is 1. The number of halogens is 1. The molecular formula is C12H16FNO2S. The molecule has 0 aliphatic carbocycles. The van der Waals surface area contributed by atoms with Gasteiger partial charge in [-0.25, -0.2) is 4.39 Å². The summed E-state index contributed by atoms with van der Waals surface area (Å²) in [5, 5.41) is 0. The number of rotatable bonds is 6. The minimum absolute atomic E-state index is 0.214. The molecule has 0 spiro atoms. The van der Waals surface area contributed by atoms with Gasteiger partial charge in [0, 0.05) is 17.5 Å². The van der Waals surface area contributed by atoms with Crippen molar-refractivity contribution in [1.29, 1.82) is 0 Å². The van der Waals surface area contributed by atoms with E-state index in [0.29, 0.717) is 17.9 Å². The van der Waals surface area contributed by atoms with Crippen LogP contribution in [0, 0.1) is 5.82 Å². The number of hydrogen-bond donors (Lipinski definition) is 1. The van der Waals surface area contributed by atoms with Gasteiger partial charge in [0.25, 0.3) is 0 Å². The lowest BCUT2D eigenvalue weighted by molar-refractivity contribution is -0.140. The van der Waals surface area contributed by atoms with E-state index in [0.717, 1.165) is 5.56 Å². The predicted octanol–water partition coefficient (Wildman–Crippen LogP) is 2.12. The van der Waals surface area contributed by atoms with Crippen LogP contribution in [-0.2, 0) is 9.53 Å². The van der Waals surface area contributed by atoms with E-state index in [2.05, 4.69) is 4.74 Å².